The van der Waals surface area contributed by atoms with E-state index in [4.69, 9.17) is 10.2 Å². The number of carbonyl (C=O) groups is 2. The average molecular weight is 283 g/mol. The van der Waals surface area contributed by atoms with E-state index in [1.807, 2.05) is 13.0 Å². The first kappa shape index (κ1) is 18.4. The van der Waals surface area contributed by atoms with Crippen molar-refractivity contribution in [2.24, 2.45) is 0 Å². The molecule has 0 fully saturated rings. The van der Waals surface area contributed by atoms with Crippen LogP contribution in [0.3, 0.4) is 0 Å². The Morgan fingerprint density at radius 1 is 1.10 bits per heavy atom. The van der Waals surface area contributed by atoms with Crippen molar-refractivity contribution in [3.05, 3.63) is 23.3 Å². The molecular formula is C15H25NO4. The van der Waals surface area contributed by atoms with Crippen molar-refractivity contribution in [2.75, 3.05) is 6.54 Å². The van der Waals surface area contributed by atoms with Gasteiger partial charge in [-0.15, -0.1) is 0 Å². The Balaban J connectivity index is 4.11. The van der Waals surface area contributed by atoms with Gasteiger partial charge in [0, 0.05) is 13.0 Å². The van der Waals surface area contributed by atoms with Gasteiger partial charge >= 0.3 is 11.9 Å². The maximum Gasteiger partial charge on any atom is 0.320 e. The van der Waals surface area contributed by atoms with Crippen LogP contribution in [0.1, 0.15) is 46.5 Å². The lowest BCUT2D eigenvalue weighted by Gasteiger charge is -2.12. The Labute approximate surface area is 120 Å². The van der Waals surface area contributed by atoms with Crippen LogP contribution in [0.5, 0.6) is 0 Å². The van der Waals surface area contributed by atoms with E-state index >= 15 is 0 Å². The molecular weight excluding hydrogens is 258 g/mol. The minimum atomic E-state index is -1.01. The first-order valence-corrected chi connectivity index (χ1v) is 6.80. The summed E-state index contributed by atoms with van der Waals surface area (Å²) in [6, 6.07) is -0.812. The van der Waals surface area contributed by atoms with Crippen LogP contribution in [0.2, 0.25) is 0 Å². The maximum atomic E-state index is 11.0. The highest BCUT2D eigenvalue weighted by molar-refractivity contribution is 5.75. The van der Waals surface area contributed by atoms with Crippen LogP contribution in [-0.2, 0) is 9.59 Å². The zero-order valence-electron chi connectivity index (χ0n) is 12.5. The molecule has 5 nitrogen and oxygen atoms in total. The number of hydrogen-bond donors (Lipinski definition) is 3. The highest BCUT2D eigenvalue weighted by Gasteiger charge is 2.16. The molecule has 0 aromatic carbocycles. The Morgan fingerprint density at radius 3 is 2.25 bits per heavy atom. The van der Waals surface area contributed by atoms with Gasteiger partial charge in [-0.1, -0.05) is 23.3 Å². The third-order valence-electron chi connectivity index (χ3n) is 2.85. The molecule has 0 heterocycles. The Morgan fingerprint density at radius 2 is 1.75 bits per heavy atom. The van der Waals surface area contributed by atoms with E-state index in [0.29, 0.717) is 6.54 Å². The molecule has 3 N–H and O–H groups in total. The summed E-state index contributed by atoms with van der Waals surface area (Å²) in [6.45, 7) is 6.56. The second-order valence-corrected chi connectivity index (χ2v) is 5.10. The summed E-state index contributed by atoms with van der Waals surface area (Å²) in [6.07, 6.45) is 5.99. The largest absolute Gasteiger partial charge is 0.481 e. The molecule has 0 aliphatic heterocycles. The van der Waals surface area contributed by atoms with Crippen molar-refractivity contribution in [2.45, 2.75) is 52.5 Å². The lowest BCUT2D eigenvalue weighted by molar-refractivity contribution is -0.140. The lowest BCUT2D eigenvalue weighted by Crippen LogP contribution is -2.37. The predicted octanol–water partition coefficient (Wildman–Crippen LogP) is 2.59. The van der Waals surface area contributed by atoms with Crippen molar-refractivity contribution in [1.29, 1.82) is 0 Å². The maximum absolute atomic E-state index is 11.0. The predicted molar refractivity (Wildman–Crippen MR) is 78.7 cm³/mol. The SMILES string of the molecule is CC(C)=CCC/C(C)=C/CNC(CCC(=O)O)C(=O)O. The first-order valence-electron chi connectivity index (χ1n) is 6.80. The number of allylic oxidation sites excluding steroid dienone is 3. The lowest BCUT2D eigenvalue weighted by atomic mass is 10.1. The molecule has 5 heteroatoms. The summed E-state index contributed by atoms with van der Waals surface area (Å²) in [5.41, 5.74) is 2.48. The molecule has 0 aliphatic carbocycles. The van der Waals surface area contributed by atoms with Crippen LogP contribution in [-0.4, -0.2) is 34.7 Å². The molecule has 0 aromatic rings. The van der Waals surface area contributed by atoms with Crippen molar-refractivity contribution in [1.82, 2.24) is 5.32 Å². The van der Waals surface area contributed by atoms with Gasteiger partial charge in [0.05, 0.1) is 0 Å². The fraction of sp³-hybridized carbons (Fsp3) is 0.600. The molecule has 0 bridgehead atoms. The molecule has 1 unspecified atom stereocenters. The van der Waals surface area contributed by atoms with Crippen molar-refractivity contribution in [3.63, 3.8) is 0 Å². The number of aliphatic carboxylic acids is 2. The van der Waals surface area contributed by atoms with Gasteiger partial charge in [-0.05, 0) is 40.0 Å². The average Bonchev–Trinajstić information content (AvgIpc) is 2.32. The van der Waals surface area contributed by atoms with Crippen LogP contribution in [0.15, 0.2) is 23.3 Å². The Hall–Kier alpha value is -1.62. The van der Waals surface area contributed by atoms with E-state index in [9.17, 15) is 9.59 Å². The molecule has 0 aromatic heterocycles. The van der Waals surface area contributed by atoms with Gasteiger partial charge in [-0.2, -0.15) is 0 Å². The smallest absolute Gasteiger partial charge is 0.320 e. The molecule has 20 heavy (non-hydrogen) atoms. The summed E-state index contributed by atoms with van der Waals surface area (Å²) in [7, 11) is 0. The zero-order valence-corrected chi connectivity index (χ0v) is 12.5. The molecule has 0 saturated heterocycles. The van der Waals surface area contributed by atoms with Crippen LogP contribution in [0, 0.1) is 0 Å². The molecule has 0 aliphatic rings. The summed E-state index contributed by atoms with van der Waals surface area (Å²) < 4.78 is 0. The molecule has 0 radical (unpaired) electrons. The molecule has 0 saturated carbocycles. The molecule has 114 valence electrons. The third kappa shape index (κ3) is 10.3. The normalized spacial score (nSPS) is 12.8. The summed E-state index contributed by atoms with van der Waals surface area (Å²) in [5.74, 6) is -1.99. The van der Waals surface area contributed by atoms with E-state index in [2.05, 4.69) is 25.2 Å². The number of hydrogen-bond acceptors (Lipinski definition) is 3. The topological polar surface area (TPSA) is 86.6 Å². The number of carboxylic acids is 2. The van der Waals surface area contributed by atoms with Crippen LogP contribution in [0.4, 0.5) is 0 Å². The molecule has 1 atom stereocenters. The Kier molecular flexibility index (Phi) is 9.38. The monoisotopic (exact) mass is 283 g/mol. The van der Waals surface area contributed by atoms with Gasteiger partial charge in [-0.3, -0.25) is 9.59 Å². The van der Waals surface area contributed by atoms with Crippen molar-refractivity contribution in [3.8, 4) is 0 Å². The highest BCUT2D eigenvalue weighted by Crippen LogP contribution is 2.06. The number of nitrogens with one attached hydrogen (secondary N) is 1. The second kappa shape index (κ2) is 10.2. The van der Waals surface area contributed by atoms with Gasteiger partial charge in [0.15, 0.2) is 0 Å². The minimum Gasteiger partial charge on any atom is -0.481 e. The molecule has 0 spiro atoms. The van der Waals surface area contributed by atoms with Gasteiger partial charge in [0.2, 0.25) is 0 Å². The third-order valence-corrected chi connectivity index (χ3v) is 2.85. The van der Waals surface area contributed by atoms with Crippen molar-refractivity contribution >= 4 is 11.9 Å². The van der Waals surface area contributed by atoms with Crippen LogP contribution < -0.4 is 5.32 Å². The van der Waals surface area contributed by atoms with Crippen LogP contribution in [0.25, 0.3) is 0 Å². The quantitative estimate of drug-likeness (QED) is 0.536. The summed E-state index contributed by atoms with van der Waals surface area (Å²) in [5, 5.41) is 20.4. The van der Waals surface area contributed by atoms with Crippen molar-refractivity contribution < 1.29 is 19.8 Å². The fourth-order valence-electron chi connectivity index (χ4n) is 1.65. The van der Waals surface area contributed by atoms with E-state index in [1.165, 1.54) is 11.1 Å². The fourth-order valence-corrected chi connectivity index (χ4v) is 1.65. The molecule has 0 amide bonds. The number of rotatable bonds is 10. The van der Waals surface area contributed by atoms with Gasteiger partial charge < -0.3 is 15.5 Å². The Bertz CT molecular complexity index is 381. The molecule has 0 rings (SSSR count). The van der Waals surface area contributed by atoms with Gasteiger partial charge in [-0.25, -0.2) is 0 Å². The van der Waals surface area contributed by atoms with E-state index in [0.717, 1.165) is 12.8 Å². The van der Waals surface area contributed by atoms with E-state index in [1.54, 1.807) is 0 Å². The highest BCUT2D eigenvalue weighted by atomic mass is 16.4. The van der Waals surface area contributed by atoms with E-state index < -0.39 is 18.0 Å². The first-order chi connectivity index (χ1) is 9.32. The van der Waals surface area contributed by atoms with Gasteiger partial charge in [0.1, 0.15) is 6.04 Å². The second-order valence-electron chi connectivity index (χ2n) is 5.10. The number of carboxylic acid groups (broad SMARTS) is 2. The van der Waals surface area contributed by atoms with Crippen LogP contribution >= 0.6 is 0 Å². The summed E-state index contributed by atoms with van der Waals surface area (Å²) in [4.78, 5) is 21.4. The minimum absolute atomic E-state index is 0.0926. The zero-order chi connectivity index (χ0) is 15.5. The van der Waals surface area contributed by atoms with E-state index in [-0.39, 0.29) is 12.8 Å². The van der Waals surface area contributed by atoms with Gasteiger partial charge in [0.25, 0.3) is 0 Å². The summed E-state index contributed by atoms with van der Waals surface area (Å²) >= 11 is 0. The standard InChI is InChI=1S/C15H25NO4/c1-11(2)5-4-6-12(3)9-10-16-13(15(19)20)7-8-14(17)18/h5,9,13,16H,4,6-8,10H2,1-3H3,(H,17,18)(H,19,20)/b12-9+.